The van der Waals surface area contributed by atoms with Crippen molar-refractivity contribution < 1.29 is 23.9 Å². The third-order valence-corrected chi connectivity index (χ3v) is 4.29. The van der Waals surface area contributed by atoms with Crippen LogP contribution in [-0.4, -0.2) is 30.9 Å². The highest BCUT2D eigenvalue weighted by Gasteiger charge is 2.17. The van der Waals surface area contributed by atoms with Crippen molar-refractivity contribution in [3.05, 3.63) is 65.2 Å². The van der Waals surface area contributed by atoms with Crippen molar-refractivity contribution in [1.82, 2.24) is 0 Å². The summed E-state index contributed by atoms with van der Waals surface area (Å²) in [6.45, 7) is 2.06. The number of Topliss-reactive ketones (excluding diaryl/α,β-unsaturated/α-hetero) is 1. The largest absolute Gasteiger partial charge is 0.493 e. The molecule has 0 atom stereocenters. The summed E-state index contributed by atoms with van der Waals surface area (Å²) in [5.41, 5.74) is 2.84. The molecular weight excluding hydrogens is 358 g/mol. The van der Waals surface area contributed by atoms with Gasteiger partial charge in [-0.15, -0.1) is 0 Å². The number of hydrogen-bond acceptors (Lipinski definition) is 5. The highest BCUT2D eigenvalue weighted by Crippen LogP contribution is 2.24. The van der Waals surface area contributed by atoms with Gasteiger partial charge in [0.25, 0.3) is 0 Å². The number of benzene rings is 2. The number of rotatable bonds is 7. The second-order valence-corrected chi connectivity index (χ2v) is 6.26. The van der Waals surface area contributed by atoms with E-state index in [9.17, 15) is 14.4 Å². The van der Waals surface area contributed by atoms with Crippen LogP contribution in [0.3, 0.4) is 0 Å². The van der Waals surface area contributed by atoms with Crippen LogP contribution in [0.2, 0.25) is 0 Å². The van der Waals surface area contributed by atoms with Gasteiger partial charge in [-0.3, -0.25) is 9.59 Å². The number of esters is 1. The van der Waals surface area contributed by atoms with Crippen molar-refractivity contribution in [3.63, 3.8) is 0 Å². The Morgan fingerprint density at radius 1 is 1.14 bits per heavy atom. The SMILES string of the molecule is CCOc1ccccc1/C=C/C(=O)OCC(=O)c1ccc2c(c1)CCC(=O)N2. The van der Waals surface area contributed by atoms with Crippen LogP contribution in [0, 0.1) is 0 Å². The van der Waals surface area contributed by atoms with Crippen LogP contribution >= 0.6 is 0 Å². The number of hydrogen-bond donors (Lipinski definition) is 1. The molecule has 6 nitrogen and oxygen atoms in total. The molecule has 1 heterocycles. The molecule has 0 aromatic heterocycles. The van der Waals surface area contributed by atoms with E-state index in [0.29, 0.717) is 30.8 Å². The van der Waals surface area contributed by atoms with Gasteiger partial charge < -0.3 is 14.8 Å². The summed E-state index contributed by atoms with van der Waals surface area (Å²) in [6, 6.07) is 12.4. The Bertz CT molecular complexity index is 932. The Morgan fingerprint density at radius 3 is 2.79 bits per heavy atom. The molecule has 1 aliphatic heterocycles. The molecule has 2 aromatic carbocycles. The second kappa shape index (κ2) is 8.99. The number of carbonyl (C=O) groups is 3. The molecule has 0 fully saturated rings. The Morgan fingerprint density at radius 2 is 1.96 bits per heavy atom. The molecular formula is C22H21NO5. The molecule has 0 spiro atoms. The van der Waals surface area contributed by atoms with Crippen LogP contribution in [0.15, 0.2) is 48.5 Å². The molecule has 0 aliphatic carbocycles. The first kappa shape index (κ1) is 19.4. The molecule has 2 aromatic rings. The van der Waals surface area contributed by atoms with Gasteiger partial charge in [0.2, 0.25) is 5.91 Å². The van der Waals surface area contributed by atoms with E-state index in [1.165, 1.54) is 6.08 Å². The Balaban J connectivity index is 1.57. The van der Waals surface area contributed by atoms with Crippen molar-refractivity contribution in [2.75, 3.05) is 18.5 Å². The first-order valence-corrected chi connectivity index (χ1v) is 9.09. The maximum atomic E-state index is 12.3. The van der Waals surface area contributed by atoms with Crippen LogP contribution in [0.25, 0.3) is 6.08 Å². The quantitative estimate of drug-likeness (QED) is 0.453. The number of ketones is 1. The summed E-state index contributed by atoms with van der Waals surface area (Å²) >= 11 is 0. The van der Waals surface area contributed by atoms with Gasteiger partial charge in [-0.1, -0.05) is 18.2 Å². The lowest BCUT2D eigenvalue weighted by molar-refractivity contribution is -0.136. The first-order chi connectivity index (χ1) is 13.6. The third-order valence-electron chi connectivity index (χ3n) is 4.29. The minimum atomic E-state index is -0.607. The fraction of sp³-hybridized carbons (Fsp3) is 0.227. The predicted molar refractivity (Wildman–Crippen MR) is 105 cm³/mol. The lowest BCUT2D eigenvalue weighted by Gasteiger charge is -2.17. The number of nitrogens with one attached hydrogen (secondary N) is 1. The van der Waals surface area contributed by atoms with Crippen molar-refractivity contribution in [2.45, 2.75) is 19.8 Å². The molecule has 6 heteroatoms. The van der Waals surface area contributed by atoms with Crippen LogP contribution in [0.1, 0.15) is 34.8 Å². The molecule has 144 valence electrons. The number of aryl methyl sites for hydroxylation is 1. The summed E-state index contributed by atoms with van der Waals surface area (Å²) < 4.78 is 10.5. The number of para-hydroxylation sites is 1. The second-order valence-electron chi connectivity index (χ2n) is 6.26. The minimum absolute atomic E-state index is 0.0294. The van der Waals surface area contributed by atoms with E-state index in [-0.39, 0.29) is 18.3 Å². The smallest absolute Gasteiger partial charge is 0.331 e. The molecule has 0 bridgehead atoms. The fourth-order valence-electron chi connectivity index (χ4n) is 2.89. The van der Waals surface area contributed by atoms with Gasteiger partial charge in [-0.05, 0) is 49.2 Å². The Labute approximate surface area is 163 Å². The number of amides is 1. The number of fused-ring (bicyclic) bond motifs is 1. The average molecular weight is 379 g/mol. The van der Waals surface area contributed by atoms with E-state index >= 15 is 0 Å². The zero-order valence-corrected chi connectivity index (χ0v) is 15.6. The van der Waals surface area contributed by atoms with E-state index in [4.69, 9.17) is 9.47 Å². The average Bonchev–Trinajstić information content (AvgIpc) is 2.71. The Hall–Kier alpha value is -3.41. The maximum Gasteiger partial charge on any atom is 0.331 e. The first-order valence-electron chi connectivity index (χ1n) is 9.09. The summed E-state index contributed by atoms with van der Waals surface area (Å²) in [7, 11) is 0. The van der Waals surface area contributed by atoms with Gasteiger partial charge in [0.15, 0.2) is 12.4 Å². The van der Waals surface area contributed by atoms with Gasteiger partial charge >= 0.3 is 5.97 Å². The van der Waals surface area contributed by atoms with Crippen LogP contribution in [0.4, 0.5) is 5.69 Å². The van der Waals surface area contributed by atoms with Crippen molar-refractivity contribution in [2.24, 2.45) is 0 Å². The molecule has 0 saturated carbocycles. The summed E-state index contributed by atoms with van der Waals surface area (Å²) in [6.07, 6.45) is 3.85. The topological polar surface area (TPSA) is 81.7 Å². The van der Waals surface area contributed by atoms with E-state index in [0.717, 1.165) is 16.8 Å². The molecule has 1 amide bonds. The maximum absolute atomic E-state index is 12.3. The van der Waals surface area contributed by atoms with Crippen molar-refractivity contribution in [1.29, 1.82) is 0 Å². The van der Waals surface area contributed by atoms with E-state index in [1.807, 2.05) is 31.2 Å². The summed E-state index contributed by atoms with van der Waals surface area (Å²) in [5, 5.41) is 2.77. The Kier molecular flexibility index (Phi) is 6.22. The predicted octanol–water partition coefficient (Wildman–Crippen LogP) is 3.41. The molecule has 0 unspecified atom stereocenters. The summed E-state index contributed by atoms with van der Waals surface area (Å²) in [5.74, 6) is -0.259. The molecule has 28 heavy (non-hydrogen) atoms. The van der Waals surface area contributed by atoms with Gasteiger partial charge in [0, 0.05) is 29.3 Å². The van der Waals surface area contributed by atoms with Crippen molar-refractivity contribution >= 4 is 29.4 Å². The molecule has 3 rings (SSSR count). The molecule has 1 aliphatic rings. The van der Waals surface area contributed by atoms with E-state index in [2.05, 4.69) is 5.32 Å². The normalized spacial score (nSPS) is 13.0. The van der Waals surface area contributed by atoms with Crippen LogP contribution < -0.4 is 10.1 Å². The zero-order chi connectivity index (χ0) is 19.9. The van der Waals surface area contributed by atoms with Crippen LogP contribution in [0.5, 0.6) is 5.75 Å². The molecule has 0 radical (unpaired) electrons. The standard InChI is InChI=1S/C22H21NO5/c1-2-27-20-6-4-3-5-15(20)9-12-22(26)28-14-19(24)17-7-10-18-16(13-17)8-11-21(25)23-18/h3-7,9-10,12-13H,2,8,11,14H2,1H3,(H,23,25)/b12-9+. The van der Waals surface area contributed by atoms with E-state index in [1.54, 1.807) is 24.3 Å². The number of carbonyl (C=O) groups excluding carboxylic acids is 3. The van der Waals surface area contributed by atoms with Crippen LogP contribution in [-0.2, 0) is 20.7 Å². The summed E-state index contributed by atoms with van der Waals surface area (Å²) in [4.78, 5) is 35.6. The lowest BCUT2D eigenvalue weighted by atomic mass is 9.99. The van der Waals surface area contributed by atoms with Crippen molar-refractivity contribution in [3.8, 4) is 5.75 Å². The number of anilines is 1. The molecule has 1 N–H and O–H groups in total. The van der Waals surface area contributed by atoms with Gasteiger partial charge in [0.1, 0.15) is 5.75 Å². The lowest BCUT2D eigenvalue weighted by Crippen LogP contribution is -2.20. The van der Waals surface area contributed by atoms with Gasteiger partial charge in [0.05, 0.1) is 6.61 Å². The molecule has 0 saturated heterocycles. The highest BCUT2D eigenvalue weighted by atomic mass is 16.5. The fourth-order valence-corrected chi connectivity index (χ4v) is 2.89. The van der Waals surface area contributed by atoms with Gasteiger partial charge in [-0.25, -0.2) is 4.79 Å². The monoisotopic (exact) mass is 379 g/mol. The third kappa shape index (κ3) is 4.85. The highest BCUT2D eigenvalue weighted by molar-refractivity contribution is 6.00. The minimum Gasteiger partial charge on any atom is -0.493 e. The zero-order valence-electron chi connectivity index (χ0n) is 15.6. The number of ether oxygens (including phenoxy) is 2. The van der Waals surface area contributed by atoms with Gasteiger partial charge in [-0.2, -0.15) is 0 Å². The van der Waals surface area contributed by atoms with E-state index < -0.39 is 5.97 Å².